The summed E-state index contributed by atoms with van der Waals surface area (Å²) in [7, 11) is 0. The fraction of sp³-hybridized carbons (Fsp3) is 0.100. The van der Waals surface area contributed by atoms with Crippen molar-refractivity contribution in [2.24, 2.45) is 0 Å². The molecule has 0 unspecified atom stereocenters. The average Bonchev–Trinajstić information content (AvgIpc) is 3.37. The minimum absolute atomic E-state index is 0.0243. The van der Waals surface area contributed by atoms with Crippen LogP contribution in [0.4, 0.5) is 5.69 Å². The van der Waals surface area contributed by atoms with Gasteiger partial charge in [-0.3, -0.25) is 9.32 Å². The van der Waals surface area contributed by atoms with Crippen molar-refractivity contribution in [2.75, 3.05) is 5.32 Å². The van der Waals surface area contributed by atoms with E-state index in [2.05, 4.69) is 20.4 Å². The second-order valence-corrected chi connectivity index (χ2v) is 7.33. The van der Waals surface area contributed by atoms with Crippen LogP contribution in [-0.2, 0) is 17.8 Å². The van der Waals surface area contributed by atoms with Crippen LogP contribution < -0.4 is 10.1 Å². The summed E-state index contributed by atoms with van der Waals surface area (Å²) in [5.41, 5.74) is 2.09. The Kier molecular flexibility index (Phi) is 5.83. The molecule has 0 saturated carbocycles. The van der Waals surface area contributed by atoms with Crippen molar-refractivity contribution < 1.29 is 14.1 Å². The van der Waals surface area contributed by atoms with Crippen molar-refractivity contribution in [3.63, 3.8) is 0 Å². The number of para-hydroxylation sites is 1. The average molecular weight is 427 g/mol. The minimum atomic E-state index is -0.126. The first kappa shape index (κ1) is 19.1. The van der Waals surface area contributed by atoms with Gasteiger partial charge in [0.2, 0.25) is 11.7 Å². The first-order valence-corrected chi connectivity index (χ1v) is 9.93. The Labute approximate surface area is 175 Å². The summed E-state index contributed by atoms with van der Waals surface area (Å²) >= 11 is 7.52. The molecule has 0 radical (unpaired) electrons. The summed E-state index contributed by atoms with van der Waals surface area (Å²) in [6.07, 6.45) is 0.216. The van der Waals surface area contributed by atoms with Crippen molar-refractivity contribution in [1.82, 2.24) is 15.1 Å². The molecule has 2 aromatic heterocycles. The van der Waals surface area contributed by atoms with E-state index in [0.717, 1.165) is 5.69 Å². The fourth-order valence-corrected chi connectivity index (χ4v) is 3.51. The van der Waals surface area contributed by atoms with E-state index in [1.165, 1.54) is 11.3 Å². The standard InChI is InChI=1S/C20H15ClN4O3S/c21-16-9-5-4-8-15(16)19-24-20(28-25-19)27-11-14-12-29-18(23-14)10-17(26)22-13-6-2-1-3-7-13/h1-9,12H,10-11H2,(H,22,26). The predicted molar refractivity (Wildman–Crippen MR) is 110 cm³/mol. The third kappa shape index (κ3) is 4.98. The molecule has 0 aliphatic carbocycles. The van der Waals surface area contributed by atoms with Crippen LogP contribution in [0, 0.1) is 0 Å². The maximum absolute atomic E-state index is 12.1. The first-order valence-electron chi connectivity index (χ1n) is 8.67. The number of rotatable bonds is 7. The zero-order valence-electron chi connectivity index (χ0n) is 15.0. The van der Waals surface area contributed by atoms with Gasteiger partial charge in [-0.15, -0.1) is 11.3 Å². The number of anilines is 1. The number of carbonyl (C=O) groups excluding carboxylic acids is 1. The lowest BCUT2D eigenvalue weighted by Gasteiger charge is -2.02. The lowest BCUT2D eigenvalue weighted by molar-refractivity contribution is -0.115. The van der Waals surface area contributed by atoms with Gasteiger partial charge in [-0.2, -0.15) is 4.98 Å². The Morgan fingerprint density at radius 3 is 2.72 bits per heavy atom. The SMILES string of the molecule is O=C(Cc1nc(COc2nc(-c3ccccc3Cl)no2)cs1)Nc1ccccc1. The Balaban J connectivity index is 1.32. The van der Waals surface area contributed by atoms with Crippen LogP contribution in [0.2, 0.25) is 5.02 Å². The molecule has 7 nitrogen and oxygen atoms in total. The van der Waals surface area contributed by atoms with Crippen molar-refractivity contribution in [3.05, 3.63) is 75.7 Å². The normalized spacial score (nSPS) is 10.7. The van der Waals surface area contributed by atoms with E-state index < -0.39 is 0 Å². The lowest BCUT2D eigenvalue weighted by Crippen LogP contribution is -2.14. The lowest BCUT2D eigenvalue weighted by atomic mass is 10.2. The summed E-state index contributed by atoms with van der Waals surface area (Å²) in [5, 5.41) is 9.76. The van der Waals surface area contributed by atoms with E-state index >= 15 is 0 Å². The summed E-state index contributed by atoms with van der Waals surface area (Å²) in [5.74, 6) is 0.224. The minimum Gasteiger partial charge on any atom is -0.442 e. The Bertz CT molecular complexity index is 1110. The van der Waals surface area contributed by atoms with Gasteiger partial charge in [-0.25, -0.2) is 4.98 Å². The summed E-state index contributed by atoms with van der Waals surface area (Å²) in [6, 6.07) is 16.5. The number of benzene rings is 2. The van der Waals surface area contributed by atoms with Gasteiger partial charge in [0.15, 0.2) is 0 Å². The quantitative estimate of drug-likeness (QED) is 0.464. The van der Waals surface area contributed by atoms with E-state index in [4.69, 9.17) is 20.9 Å². The van der Waals surface area contributed by atoms with Gasteiger partial charge >= 0.3 is 6.08 Å². The van der Waals surface area contributed by atoms with Gasteiger partial charge in [0.1, 0.15) is 11.6 Å². The summed E-state index contributed by atoms with van der Waals surface area (Å²) in [4.78, 5) is 20.7. The molecule has 1 N–H and O–H groups in total. The Hall–Kier alpha value is -3.23. The number of nitrogens with one attached hydrogen (secondary N) is 1. The van der Waals surface area contributed by atoms with E-state index in [1.54, 1.807) is 12.1 Å². The maximum atomic E-state index is 12.1. The topological polar surface area (TPSA) is 90.1 Å². The smallest absolute Gasteiger partial charge is 0.418 e. The molecule has 0 fully saturated rings. The number of hydrogen-bond donors (Lipinski definition) is 1. The van der Waals surface area contributed by atoms with E-state index in [-0.39, 0.29) is 25.0 Å². The number of aromatic nitrogens is 3. The maximum Gasteiger partial charge on any atom is 0.418 e. The number of halogens is 1. The number of hydrogen-bond acceptors (Lipinski definition) is 7. The van der Waals surface area contributed by atoms with Crippen LogP contribution in [0.3, 0.4) is 0 Å². The van der Waals surface area contributed by atoms with Gasteiger partial charge in [0.25, 0.3) is 0 Å². The van der Waals surface area contributed by atoms with E-state index in [9.17, 15) is 4.79 Å². The molecule has 1 amide bonds. The number of amides is 1. The zero-order valence-corrected chi connectivity index (χ0v) is 16.6. The highest BCUT2D eigenvalue weighted by Crippen LogP contribution is 2.26. The molecule has 0 atom stereocenters. The molecule has 0 aliphatic rings. The number of carbonyl (C=O) groups is 1. The Morgan fingerprint density at radius 2 is 1.90 bits per heavy atom. The first-order chi connectivity index (χ1) is 14.2. The third-order valence-electron chi connectivity index (χ3n) is 3.83. The second kappa shape index (κ2) is 8.85. The molecular formula is C20H15ClN4O3S. The van der Waals surface area contributed by atoms with E-state index in [0.29, 0.717) is 27.1 Å². The largest absolute Gasteiger partial charge is 0.442 e. The van der Waals surface area contributed by atoms with Crippen molar-refractivity contribution >= 4 is 34.5 Å². The van der Waals surface area contributed by atoms with E-state index in [1.807, 2.05) is 47.8 Å². The van der Waals surface area contributed by atoms with Gasteiger partial charge in [0.05, 0.1) is 17.1 Å². The molecule has 9 heteroatoms. The monoisotopic (exact) mass is 426 g/mol. The van der Waals surface area contributed by atoms with Crippen molar-refractivity contribution in [3.8, 4) is 17.5 Å². The number of thiazole rings is 1. The van der Waals surface area contributed by atoms with Crippen LogP contribution in [0.1, 0.15) is 10.7 Å². The third-order valence-corrected chi connectivity index (χ3v) is 5.06. The van der Waals surface area contributed by atoms with Crippen LogP contribution in [0.15, 0.2) is 64.5 Å². The highest BCUT2D eigenvalue weighted by molar-refractivity contribution is 7.09. The van der Waals surface area contributed by atoms with Crippen LogP contribution in [0.5, 0.6) is 6.08 Å². The Morgan fingerprint density at radius 1 is 1.10 bits per heavy atom. The second-order valence-electron chi connectivity index (χ2n) is 5.98. The molecule has 146 valence electrons. The molecule has 4 rings (SSSR count). The number of ether oxygens (including phenoxy) is 1. The van der Waals surface area contributed by atoms with Gasteiger partial charge in [-0.05, 0) is 24.3 Å². The summed E-state index contributed by atoms with van der Waals surface area (Å²) in [6.45, 7) is 0.154. The van der Waals surface area contributed by atoms with Crippen molar-refractivity contribution in [1.29, 1.82) is 0 Å². The molecule has 0 bridgehead atoms. The molecule has 2 aromatic carbocycles. The van der Waals surface area contributed by atoms with Gasteiger partial charge in [-0.1, -0.05) is 47.1 Å². The highest BCUT2D eigenvalue weighted by atomic mass is 35.5. The molecule has 4 aromatic rings. The number of nitrogens with zero attached hydrogens (tertiary/aromatic N) is 3. The molecule has 29 heavy (non-hydrogen) atoms. The van der Waals surface area contributed by atoms with Crippen LogP contribution in [0.25, 0.3) is 11.4 Å². The van der Waals surface area contributed by atoms with Gasteiger partial charge < -0.3 is 10.1 Å². The zero-order chi connectivity index (χ0) is 20.1. The molecule has 2 heterocycles. The molecule has 0 aliphatic heterocycles. The molecular weight excluding hydrogens is 412 g/mol. The van der Waals surface area contributed by atoms with Crippen LogP contribution in [-0.4, -0.2) is 21.0 Å². The molecule has 0 saturated heterocycles. The van der Waals surface area contributed by atoms with Crippen LogP contribution >= 0.6 is 22.9 Å². The predicted octanol–water partition coefficient (Wildman–Crippen LogP) is 4.61. The van der Waals surface area contributed by atoms with Crippen molar-refractivity contribution in [2.45, 2.75) is 13.0 Å². The molecule has 0 spiro atoms. The van der Waals surface area contributed by atoms with Gasteiger partial charge in [0, 0.05) is 16.6 Å². The highest BCUT2D eigenvalue weighted by Gasteiger charge is 2.13. The fourth-order valence-electron chi connectivity index (χ4n) is 2.52. The summed E-state index contributed by atoms with van der Waals surface area (Å²) < 4.78 is 10.6.